The number of anilines is 2. The van der Waals surface area contributed by atoms with Gasteiger partial charge in [0.2, 0.25) is 0 Å². The van der Waals surface area contributed by atoms with Crippen molar-refractivity contribution in [2.45, 2.75) is 0 Å². The smallest absolute Gasteiger partial charge is 0.133 e. The predicted octanol–water partition coefficient (Wildman–Crippen LogP) is 1.86. The average molecular weight is 173 g/mol. The molecule has 1 aromatic heterocycles. The first-order valence-corrected chi connectivity index (χ1v) is 4.13. The van der Waals surface area contributed by atoms with Crippen LogP contribution in [0.5, 0.6) is 0 Å². The van der Waals surface area contributed by atoms with Crippen LogP contribution < -0.4 is 11.1 Å². The Morgan fingerprint density at radius 3 is 2.92 bits per heavy atom. The fourth-order valence-corrected chi connectivity index (χ4v) is 1.40. The number of fused-ring (bicyclic) bond motifs is 1. The Balaban J connectivity index is 2.77. The molecule has 13 heavy (non-hydrogen) atoms. The van der Waals surface area contributed by atoms with E-state index in [1.54, 1.807) is 6.20 Å². The standard InChI is InChI=1S/C10H11N3/c1-12-10-9-3-2-8(11)6-7(9)4-5-13-10/h2-6H,11H2,1H3,(H,12,13). The second-order valence-corrected chi connectivity index (χ2v) is 2.89. The highest BCUT2D eigenvalue weighted by molar-refractivity contribution is 5.93. The lowest BCUT2D eigenvalue weighted by Gasteiger charge is -2.04. The molecule has 0 atom stereocenters. The van der Waals surface area contributed by atoms with Gasteiger partial charge < -0.3 is 11.1 Å². The third-order valence-corrected chi connectivity index (χ3v) is 2.03. The maximum absolute atomic E-state index is 5.67. The minimum Gasteiger partial charge on any atom is -0.399 e. The molecule has 0 bridgehead atoms. The molecule has 2 rings (SSSR count). The van der Waals surface area contributed by atoms with Crippen LogP contribution in [0.15, 0.2) is 30.5 Å². The van der Waals surface area contributed by atoms with Crippen molar-refractivity contribution in [3.8, 4) is 0 Å². The maximum atomic E-state index is 5.67. The largest absolute Gasteiger partial charge is 0.399 e. The van der Waals surface area contributed by atoms with Crippen LogP contribution in [0.3, 0.4) is 0 Å². The van der Waals surface area contributed by atoms with E-state index in [0.717, 1.165) is 22.3 Å². The van der Waals surface area contributed by atoms with Crippen LogP contribution in [0, 0.1) is 0 Å². The summed E-state index contributed by atoms with van der Waals surface area (Å²) in [6.45, 7) is 0. The minimum atomic E-state index is 0.778. The zero-order valence-electron chi connectivity index (χ0n) is 7.41. The van der Waals surface area contributed by atoms with Gasteiger partial charge in [0.1, 0.15) is 5.82 Å². The third kappa shape index (κ3) is 1.28. The number of hydrogen-bond acceptors (Lipinski definition) is 3. The van der Waals surface area contributed by atoms with Crippen LogP contribution >= 0.6 is 0 Å². The lowest BCUT2D eigenvalue weighted by molar-refractivity contribution is 1.32. The number of nitrogens with one attached hydrogen (secondary N) is 1. The molecule has 0 amide bonds. The van der Waals surface area contributed by atoms with E-state index >= 15 is 0 Å². The van der Waals surface area contributed by atoms with E-state index < -0.39 is 0 Å². The van der Waals surface area contributed by atoms with Crippen molar-refractivity contribution in [1.82, 2.24) is 4.98 Å². The summed E-state index contributed by atoms with van der Waals surface area (Å²) in [5.41, 5.74) is 6.45. The molecule has 1 aromatic carbocycles. The Morgan fingerprint density at radius 1 is 1.31 bits per heavy atom. The molecule has 0 aliphatic carbocycles. The molecule has 2 aromatic rings. The van der Waals surface area contributed by atoms with Crippen molar-refractivity contribution < 1.29 is 0 Å². The molecule has 3 N–H and O–H groups in total. The molecule has 3 heteroatoms. The van der Waals surface area contributed by atoms with Gasteiger partial charge in [-0.05, 0) is 29.7 Å². The number of nitrogens with two attached hydrogens (primary N) is 1. The monoisotopic (exact) mass is 173 g/mol. The van der Waals surface area contributed by atoms with E-state index in [-0.39, 0.29) is 0 Å². The van der Waals surface area contributed by atoms with E-state index in [4.69, 9.17) is 5.73 Å². The second-order valence-electron chi connectivity index (χ2n) is 2.89. The van der Waals surface area contributed by atoms with Crippen molar-refractivity contribution in [3.05, 3.63) is 30.5 Å². The number of nitrogens with zero attached hydrogens (tertiary/aromatic N) is 1. The summed E-state index contributed by atoms with van der Waals surface area (Å²) in [7, 11) is 1.86. The van der Waals surface area contributed by atoms with Gasteiger partial charge in [0.25, 0.3) is 0 Å². The van der Waals surface area contributed by atoms with Crippen LogP contribution in [-0.2, 0) is 0 Å². The molecule has 0 unspecified atom stereocenters. The van der Waals surface area contributed by atoms with Gasteiger partial charge in [-0.1, -0.05) is 0 Å². The zero-order valence-corrected chi connectivity index (χ0v) is 7.41. The molecule has 66 valence electrons. The van der Waals surface area contributed by atoms with E-state index in [9.17, 15) is 0 Å². The molecule has 3 nitrogen and oxygen atoms in total. The Labute approximate surface area is 76.6 Å². The van der Waals surface area contributed by atoms with E-state index in [0.29, 0.717) is 0 Å². The fourth-order valence-electron chi connectivity index (χ4n) is 1.40. The van der Waals surface area contributed by atoms with Crippen molar-refractivity contribution >= 4 is 22.3 Å². The maximum Gasteiger partial charge on any atom is 0.133 e. The van der Waals surface area contributed by atoms with Gasteiger partial charge in [-0.15, -0.1) is 0 Å². The third-order valence-electron chi connectivity index (χ3n) is 2.03. The Morgan fingerprint density at radius 2 is 2.15 bits per heavy atom. The summed E-state index contributed by atoms with van der Waals surface area (Å²) in [6.07, 6.45) is 1.77. The molecule has 0 spiro atoms. The second kappa shape index (κ2) is 2.94. The average Bonchev–Trinajstić information content (AvgIpc) is 2.16. The summed E-state index contributed by atoms with van der Waals surface area (Å²) in [6, 6.07) is 7.75. The van der Waals surface area contributed by atoms with Crippen molar-refractivity contribution in [3.63, 3.8) is 0 Å². The van der Waals surface area contributed by atoms with Crippen molar-refractivity contribution in [1.29, 1.82) is 0 Å². The van der Waals surface area contributed by atoms with Gasteiger partial charge in [-0.2, -0.15) is 0 Å². The fraction of sp³-hybridized carbons (Fsp3) is 0.100. The molecule has 0 aliphatic rings. The van der Waals surface area contributed by atoms with Crippen LogP contribution in [0.25, 0.3) is 10.8 Å². The topological polar surface area (TPSA) is 50.9 Å². The number of nitrogen functional groups attached to an aromatic ring is 1. The Kier molecular flexibility index (Phi) is 1.77. The summed E-state index contributed by atoms with van der Waals surface area (Å²) < 4.78 is 0. The molecule has 0 radical (unpaired) electrons. The first-order valence-electron chi connectivity index (χ1n) is 4.13. The van der Waals surface area contributed by atoms with Gasteiger partial charge in [-0.25, -0.2) is 4.98 Å². The van der Waals surface area contributed by atoms with Crippen LogP contribution in [0.1, 0.15) is 0 Å². The highest BCUT2D eigenvalue weighted by Gasteiger charge is 1.99. The summed E-state index contributed by atoms with van der Waals surface area (Å²) in [4.78, 5) is 4.20. The van der Waals surface area contributed by atoms with E-state index in [1.807, 2.05) is 31.3 Å². The van der Waals surface area contributed by atoms with Crippen LogP contribution in [0.2, 0.25) is 0 Å². The van der Waals surface area contributed by atoms with Crippen LogP contribution in [-0.4, -0.2) is 12.0 Å². The minimum absolute atomic E-state index is 0.778. The number of benzene rings is 1. The summed E-state index contributed by atoms with van der Waals surface area (Å²) >= 11 is 0. The first-order chi connectivity index (χ1) is 6.31. The van der Waals surface area contributed by atoms with Gasteiger partial charge >= 0.3 is 0 Å². The van der Waals surface area contributed by atoms with Gasteiger partial charge in [0, 0.05) is 24.3 Å². The number of rotatable bonds is 1. The lowest BCUT2D eigenvalue weighted by Crippen LogP contribution is -1.93. The molecule has 0 saturated heterocycles. The van der Waals surface area contributed by atoms with Crippen molar-refractivity contribution in [2.24, 2.45) is 0 Å². The van der Waals surface area contributed by atoms with Crippen molar-refractivity contribution in [2.75, 3.05) is 18.1 Å². The number of pyridine rings is 1. The highest BCUT2D eigenvalue weighted by Crippen LogP contribution is 2.22. The molecular formula is C10H11N3. The molecule has 0 saturated carbocycles. The Bertz CT molecular complexity index is 437. The molecule has 0 fully saturated rings. The zero-order chi connectivity index (χ0) is 9.26. The molecule has 1 heterocycles. The quantitative estimate of drug-likeness (QED) is 0.647. The molecular weight excluding hydrogens is 162 g/mol. The summed E-state index contributed by atoms with van der Waals surface area (Å²) in [5.74, 6) is 0.887. The number of aromatic nitrogens is 1. The summed E-state index contributed by atoms with van der Waals surface area (Å²) in [5, 5.41) is 5.24. The van der Waals surface area contributed by atoms with Crippen LogP contribution in [0.4, 0.5) is 11.5 Å². The predicted molar refractivity (Wildman–Crippen MR) is 55.7 cm³/mol. The van der Waals surface area contributed by atoms with Gasteiger partial charge in [0.15, 0.2) is 0 Å². The lowest BCUT2D eigenvalue weighted by atomic mass is 10.1. The number of hydrogen-bond donors (Lipinski definition) is 2. The Hall–Kier alpha value is -1.77. The highest BCUT2D eigenvalue weighted by atomic mass is 14.9. The van der Waals surface area contributed by atoms with E-state index in [1.165, 1.54) is 0 Å². The first kappa shape index (κ1) is 7.86. The van der Waals surface area contributed by atoms with Gasteiger partial charge in [-0.3, -0.25) is 0 Å². The molecule has 0 aliphatic heterocycles. The van der Waals surface area contributed by atoms with Gasteiger partial charge in [0.05, 0.1) is 0 Å². The van der Waals surface area contributed by atoms with E-state index in [2.05, 4.69) is 10.3 Å². The normalized spacial score (nSPS) is 10.2. The SMILES string of the molecule is CNc1nccc2cc(N)ccc12.